The van der Waals surface area contributed by atoms with Gasteiger partial charge in [0.25, 0.3) is 0 Å². The smallest absolute Gasteiger partial charge is 0.333 e. The molecule has 0 N–H and O–H groups in total. The number of carbonyl (C=O) groups excluding carboxylic acids is 1. The number of hydrogen-bond acceptors (Lipinski definition) is 2. The molecule has 4 rings (SSSR count). The molecule has 0 aromatic rings. The van der Waals surface area contributed by atoms with Crippen molar-refractivity contribution in [2.45, 2.75) is 72.1 Å². The molecule has 4 aliphatic carbocycles. The van der Waals surface area contributed by atoms with E-state index in [1.807, 2.05) is 6.92 Å². The van der Waals surface area contributed by atoms with Gasteiger partial charge < -0.3 is 4.74 Å². The van der Waals surface area contributed by atoms with Gasteiger partial charge in [0.15, 0.2) is 0 Å². The molecule has 4 aliphatic rings. The molecule has 0 radical (unpaired) electrons. The lowest BCUT2D eigenvalue weighted by Gasteiger charge is -2.44. The lowest BCUT2D eigenvalue weighted by molar-refractivity contribution is -0.136. The second-order valence-electron chi connectivity index (χ2n) is 10.3. The minimum Gasteiger partial charge on any atom is -0.466 e. The summed E-state index contributed by atoms with van der Waals surface area (Å²) < 4.78 is 4.83. The third kappa shape index (κ3) is 3.21. The van der Waals surface area contributed by atoms with Crippen molar-refractivity contribution in [2.75, 3.05) is 7.11 Å². The molecule has 0 aromatic carbocycles. The third-order valence-electron chi connectivity index (χ3n) is 8.96. The van der Waals surface area contributed by atoms with Crippen molar-refractivity contribution >= 4 is 5.97 Å². The predicted molar refractivity (Wildman–Crippen MR) is 115 cm³/mol. The van der Waals surface area contributed by atoms with Gasteiger partial charge in [0.05, 0.1) is 7.11 Å². The van der Waals surface area contributed by atoms with Gasteiger partial charge in [-0.25, -0.2) is 4.79 Å². The molecule has 0 unspecified atom stereocenters. The second kappa shape index (κ2) is 7.50. The number of hydrogen-bond donors (Lipinski definition) is 0. The van der Waals surface area contributed by atoms with Crippen molar-refractivity contribution in [1.82, 2.24) is 0 Å². The summed E-state index contributed by atoms with van der Waals surface area (Å²) >= 11 is 0. The van der Waals surface area contributed by atoms with Gasteiger partial charge >= 0.3 is 5.97 Å². The van der Waals surface area contributed by atoms with E-state index in [-0.39, 0.29) is 5.97 Å². The Kier molecular flexibility index (Phi) is 5.35. The van der Waals surface area contributed by atoms with Crippen LogP contribution in [-0.2, 0) is 9.53 Å². The van der Waals surface area contributed by atoms with Crippen LogP contribution in [0.4, 0.5) is 0 Å². The van der Waals surface area contributed by atoms with Crippen molar-refractivity contribution in [3.63, 3.8) is 0 Å². The van der Waals surface area contributed by atoms with Crippen LogP contribution in [0.1, 0.15) is 72.1 Å². The van der Waals surface area contributed by atoms with E-state index in [2.05, 4.69) is 32.6 Å². The second-order valence-corrected chi connectivity index (χ2v) is 10.3. The highest BCUT2D eigenvalue weighted by atomic mass is 16.5. The van der Waals surface area contributed by atoms with E-state index in [4.69, 9.17) is 4.74 Å². The first kappa shape index (κ1) is 20.0. The van der Waals surface area contributed by atoms with Crippen molar-refractivity contribution in [3.8, 4) is 0 Å². The fraction of sp³-hybridized carbons (Fsp3) is 0.731. The van der Waals surface area contributed by atoms with E-state index in [1.54, 1.807) is 11.1 Å². The molecular formula is C26H38O2. The quantitative estimate of drug-likeness (QED) is 0.309. The van der Waals surface area contributed by atoms with Crippen LogP contribution in [0.15, 0.2) is 35.5 Å². The topological polar surface area (TPSA) is 26.3 Å². The van der Waals surface area contributed by atoms with E-state index in [9.17, 15) is 4.79 Å². The maximum atomic E-state index is 11.6. The Labute approximate surface area is 171 Å². The molecule has 0 aliphatic heterocycles. The van der Waals surface area contributed by atoms with Crippen LogP contribution in [0.5, 0.6) is 0 Å². The summed E-state index contributed by atoms with van der Waals surface area (Å²) in [5, 5.41) is 0. The van der Waals surface area contributed by atoms with Gasteiger partial charge in [-0.1, -0.05) is 43.7 Å². The zero-order valence-corrected chi connectivity index (χ0v) is 18.3. The highest BCUT2D eigenvalue weighted by Gasteiger charge is 2.68. The summed E-state index contributed by atoms with van der Waals surface area (Å²) in [6.07, 6.45) is 14.7. The van der Waals surface area contributed by atoms with Gasteiger partial charge in [-0.15, -0.1) is 0 Å². The molecule has 2 heteroatoms. The zero-order valence-electron chi connectivity index (χ0n) is 18.3. The monoisotopic (exact) mass is 382 g/mol. The van der Waals surface area contributed by atoms with E-state index in [1.165, 1.54) is 52.1 Å². The Morgan fingerprint density at radius 2 is 2.18 bits per heavy atom. The molecular weight excluding hydrogens is 344 g/mol. The fourth-order valence-electron chi connectivity index (χ4n) is 7.41. The molecule has 154 valence electrons. The molecule has 3 saturated carbocycles. The van der Waals surface area contributed by atoms with E-state index < -0.39 is 0 Å². The molecule has 0 saturated heterocycles. The highest BCUT2D eigenvalue weighted by Crippen LogP contribution is 2.75. The number of fused-ring (bicyclic) bond motifs is 3. The molecule has 28 heavy (non-hydrogen) atoms. The Morgan fingerprint density at radius 3 is 2.93 bits per heavy atom. The van der Waals surface area contributed by atoms with Gasteiger partial charge in [-0.3, -0.25) is 0 Å². The first-order chi connectivity index (χ1) is 13.4. The summed E-state index contributed by atoms with van der Waals surface area (Å²) in [4.78, 5) is 11.6. The third-order valence-corrected chi connectivity index (χ3v) is 8.96. The number of allylic oxidation sites excluding steroid dienone is 4. The van der Waals surface area contributed by atoms with Crippen LogP contribution >= 0.6 is 0 Å². The number of methoxy groups -OCH3 is 1. The van der Waals surface area contributed by atoms with Gasteiger partial charge in [-0.05, 0) is 99.2 Å². The van der Waals surface area contributed by atoms with Crippen LogP contribution in [0.25, 0.3) is 0 Å². The van der Waals surface area contributed by atoms with Crippen LogP contribution in [0.2, 0.25) is 0 Å². The maximum Gasteiger partial charge on any atom is 0.333 e. The Balaban J connectivity index is 1.51. The summed E-state index contributed by atoms with van der Waals surface area (Å²) in [5.74, 6) is 4.67. The Morgan fingerprint density at radius 1 is 1.39 bits per heavy atom. The number of ether oxygens (including phenoxy) is 1. The lowest BCUT2D eigenvalue weighted by Crippen LogP contribution is -2.36. The Hall–Kier alpha value is -1.31. The van der Waals surface area contributed by atoms with Crippen LogP contribution in [0, 0.1) is 40.9 Å². The normalized spacial score (nSPS) is 40.6. The summed E-state index contributed by atoms with van der Waals surface area (Å²) in [6.45, 7) is 11.5. The van der Waals surface area contributed by atoms with Crippen LogP contribution in [0.3, 0.4) is 0 Å². The van der Waals surface area contributed by atoms with Gasteiger partial charge in [0.2, 0.25) is 0 Å². The first-order valence-corrected chi connectivity index (χ1v) is 11.5. The van der Waals surface area contributed by atoms with Crippen LogP contribution < -0.4 is 0 Å². The number of carbonyl (C=O) groups is 1. The minimum atomic E-state index is -0.195. The first-order valence-electron chi connectivity index (χ1n) is 11.5. The lowest BCUT2D eigenvalue weighted by atomic mass is 9.61. The molecule has 0 aromatic heterocycles. The van der Waals surface area contributed by atoms with E-state index in [0.717, 1.165) is 41.6 Å². The minimum absolute atomic E-state index is 0.195. The average Bonchev–Trinajstić information content (AvgIpc) is 3.36. The largest absolute Gasteiger partial charge is 0.466 e. The van der Waals surface area contributed by atoms with Crippen molar-refractivity contribution in [3.05, 3.63) is 35.5 Å². The molecule has 3 fully saturated rings. The molecule has 7 atom stereocenters. The van der Waals surface area contributed by atoms with Crippen molar-refractivity contribution in [2.24, 2.45) is 40.9 Å². The summed E-state index contributed by atoms with van der Waals surface area (Å²) in [7, 11) is 1.46. The molecule has 0 amide bonds. The average molecular weight is 383 g/mol. The van der Waals surface area contributed by atoms with Gasteiger partial charge in [0.1, 0.15) is 0 Å². The fourth-order valence-corrected chi connectivity index (χ4v) is 7.41. The van der Waals surface area contributed by atoms with Gasteiger partial charge in [0, 0.05) is 5.57 Å². The van der Waals surface area contributed by atoms with Crippen molar-refractivity contribution < 1.29 is 9.53 Å². The van der Waals surface area contributed by atoms with Crippen LogP contribution in [-0.4, -0.2) is 13.1 Å². The summed E-state index contributed by atoms with van der Waals surface area (Å²) in [6, 6.07) is 0. The van der Waals surface area contributed by atoms with Crippen molar-refractivity contribution in [1.29, 1.82) is 0 Å². The van der Waals surface area contributed by atoms with E-state index in [0.29, 0.717) is 11.3 Å². The Bertz CT molecular complexity index is 714. The number of esters is 1. The summed E-state index contributed by atoms with van der Waals surface area (Å²) in [5.41, 5.74) is 4.66. The standard InChI is InChI=1S/C26H38O2/c1-16(8-6-9-18(3)25(27)28-5)20-13-11-17(2)21-14-12-19-10-7-15-26(4)23(19)24(26)22(20)21/h9-10,16,20-24H,2,6-8,11-15H2,1,3-5H3/b18-9+/t16-,20+,21-,22+,23+,24-,26+/m1/s1. The SMILES string of the molecule is C=C1CC[C@@H]([C@H](C)CC/C=C(\C)C(=O)OC)[C@@H]2[C@@H]3[C@@H]4C(=CCC[C@]34C)CC[C@H]12. The van der Waals surface area contributed by atoms with Gasteiger partial charge in [-0.2, -0.15) is 0 Å². The number of rotatable bonds is 5. The molecule has 0 spiro atoms. The maximum absolute atomic E-state index is 11.6. The highest BCUT2D eigenvalue weighted by molar-refractivity contribution is 5.87. The predicted octanol–water partition coefficient (Wildman–Crippen LogP) is 6.49. The zero-order chi connectivity index (χ0) is 20.1. The molecule has 0 heterocycles. The molecule has 0 bridgehead atoms. The van der Waals surface area contributed by atoms with E-state index >= 15 is 0 Å². The molecule has 2 nitrogen and oxygen atoms in total.